The topological polar surface area (TPSA) is 89.0 Å². The van der Waals surface area contributed by atoms with Gasteiger partial charge in [0, 0.05) is 24.5 Å². The van der Waals surface area contributed by atoms with Crippen molar-refractivity contribution in [2.24, 2.45) is 0 Å². The number of methoxy groups -OCH3 is 1. The van der Waals surface area contributed by atoms with Crippen LogP contribution in [-0.2, 0) is 16.1 Å². The van der Waals surface area contributed by atoms with Gasteiger partial charge in [0.05, 0.1) is 25.3 Å². The number of ether oxygens (including phenoxy) is 2. The number of carbonyl (C=O) groups excluding carboxylic acids is 2. The van der Waals surface area contributed by atoms with Crippen molar-refractivity contribution in [3.05, 3.63) is 95.3 Å². The number of likely N-dealkylation sites (tertiary alicyclic amines) is 1. The highest BCUT2D eigenvalue weighted by Gasteiger charge is 2.46. The summed E-state index contributed by atoms with van der Waals surface area (Å²) < 4.78 is 11.0. The Labute approximate surface area is 198 Å². The smallest absolute Gasteiger partial charge is 0.295 e. The van der Waals surface area contributed by atoms with Crippen molar-refractivity contribution >= 4 is 17.4 Å². The number of aromatic nitrogens is 1. The van der Waals surface area contributed by atoms with E-state index >= 15 is 0 Å². The van der Waals surface area contributed by atoms with Gasteiger partial charge in [-0.15, -0.1) is 0 Å². The van der Waals surface area contributed by atoms with Crippen molar-refractivity contribution in [2.75, 3.05) is 13.7 Å². The Bertz CT molecular complexity index is 1210. The number of hydrogen-bond acceptors (Lipinski definition) is 6. The number of amides is 1. The first-order valence-corrected chi connectivity index (χ1v) is 11.1. The Kier molecular flexibility index (Phi) is 6.92. The van der Waals surface area contributed by atoms with Crippen LogP contribution in [0.4, 0.5) is 0 Å². The van der Waals surface area contributed by atoms with E-state index in [1.54, 1.807) is 68.0 Å². The normalized spacial score (nSPS) is 17.1. The third-order valence-electron chi connectivity index (χ3n) is 5.63. The van der Waals surface area contributed by atoms with Crippen LogP contribution in [0, 0.1) is 0 Å². The van der Waals surface area contributed by atoms with Gasteiger partial charge in [-0.3, -0.25) is 14.6 Å². The average molecular weight is 459 g/mol. The highest BCUT2D eigenvalue weighted by Crippen LogP contribution is 2.41. The first-order chi connectivity index (χ1) is 16.5. The molecule has 1 amide bonds. The van der Waals surface area contributed by atoms with Crippen molar-refractivity contribution < 1.29 is 24.2 Å². The predicted molar refractivity (Wildman–Crippen MR) is 127 cm³/mol. The molecule has 0 bridgehead atoms. The van der Waals surface area contributed by atoms with Crippen LogP contribution in [0.1, 0.15) is 36.1 Å². The Morgan fingerprint density at radius 1 is 1.06 bits per heavy atom. The number of nitrogens with zero attached hydrogens (tertiary/aromatic N) is 2. The number of pyridine rings is 1. The number of rotatable bonds is 8. The minimum Gasteiger partial charge on any atom is -0.507 e. The molecule has 1 aliphatic heterocycles. The number of aliphatic hydroxyl groups is 1. The summed E-state index contributed by atoms with van der Waals surface area (Å²) in [7, 11) is 1.55. The molecule has 1 unspecified atom stereocenters. The van der Waals surface area contributed by atoms with Gasteiger partial charge in [0.2, 0.25) is 0 Å². The summed E-state index contributed by atoms with van der Waals surface area (Å²) in [5, 5.41) is 11.2. The molecule has 0 spiro atoms. The minimum absolute atomic E-state index is 0.0318. The molecule has 1 atom stereocenters. The molecule has 1 aliphatic rings. The zero-order chi connectivity index (χ0) is 24.1. The number of benzene rings is 2. The lowest BCUT2D eigenvalue weighted by Crippen LogP contribution is -2.29. The maximum Gasteiger partial charge on any atom is 0.295 e. The number of carbonyl (C=O) groups is 2. The third-order valence-corrected chi connectivity index (χ3v) is 5.63. The SMILES string of the molecule is CCCOc1ccc(/C(O)=C2/C(=O)C(=O)N(Cc3cccnc3)C2c2cccc(OC)c2)cc1. The number of ketones is 1. The van der Waals surface area contributed by atoms with Crippen LogP contribution in [0.3, 0.4) is 0 Å². The second-order valence-corrected chi connectivity index (χ2v) is 7.94. The van der Waals surface area contributed by atoms with Crippen molar-refractivity contribution in [3.63, 3.8) is 0 Å². The summed E-state index contributed by atoms with van der Waals surface area (Å²) in [5.74, 6) is -0.398. The molecule has 174 valence electrons. The molecular formula is C27H26N2O5. The predicted octanol–water partition coefficient (Wildman–Crippen LogP) is 4.50. The lowest BCUT2D eigenvalue weighted by atomic mass is 9.95. The first-order valence-electron chi connectivity index (χ1n) is 11.1. The van der Waals surface area contributed by atoms with Crippen LogP contribution < -0.4 is 9.47 Å². The summed E-state index contributed by atoms with van der Waals surface area (Å²) in [4.78, 5) is 31.9. The standard InChI is InChI=1S/C27H26N2O5/c1-3-14-34-21-11-9-19(10-12-21)25(30)23-24(20-7-4-8-22(15-20)33-2)29(27(32)26(23)31)17-18-6-5-13-28-16-18/h4-13,15-16,24,30H,3,14,17H2,1-2H3/b25-23-. The molecule has 1 N–H and O–H groups in total. The summed E-state index contributed by atoms with van der Waals surface area (Å²) >= 11 is 0. The molecule has 0 aliphatic carbocycles. The Morgan fingerprint density at radius 2 is 1.85 bits per heavy atom. The van der Waals surface area contributed by atoms with E-state index in [0.29, 0.717) is 29.2 Å². The van der Waals surface area contributed by atoms with Gasteiger partial charge in [0.25, 0.3) is 11.7 Å². The summed E-state index contributed by atoms with van der Waals surface area (Å²) in [6.45, 7) is 2.77. The van der Waals surface area contributed by atoms with Crippen LogP contribution in [0.5, 0.6) is 11.5 Å². The molecule has 0 saturated carbocycles. The summed E-state index contributed by atoms with van der Waals surface area (Å²) in [5.41, 5.74) is 1.89. The monoisotopic (exact) mass is 458 g/mol. The van der Waals surface area contributed by atoms with Crippen molar-refractivity contribution in [1.29, 1.82) is 0 Å². The zero-order valence-corrected chi connectivity index (χ0v) is 19.1. The Balaban J connectivity index is 1.80. The maximum atomic E-state index is 13.2. The molecule has 7 heteroatoms. The van der Waals surface area contributed by atoms with E-state index < -0.39 is 17.7 Å². The molecule has 2 heterocycles. The summed E-state index contributed by atoms with van der Waals surface area (Å²) in [6.07, 6.45) is 4.17. The molecule has 2 aromatic carbocycles. The molecular weight excluding hydrogens is 432 g/mol. The van der Waals surface area contributed by atoms with Crippen molar-refractivity contribution in [3.8, 4) is 11.5 Å². The van der Waals surface area contributed by atoms with Gasteiger partial charge in [-0.1, -0.05) is 25.1 Å². The van der Waals surface area contributed by atoms with E-state index in [4.69, 9.17) is 9.47 Å². The van der Waals surface area contributed by atoms with Gasteiger partial charge in [0.15, 0.2) is 0 Å². The highest BCUT2D eigenvalue weighted by molar-refractivity contribution is 6.46. The van der Waals surface area contributed by atoms with Gasteiger partial charge in [-0.05, 0) is 60.0 Å². The van der Waals surface area contributed by atoms with Crippen LogP contribution >= 0.6 is 0 Å². The largest absolute Gasteiger partial charge is 0.507 e. The number of Topliss-reactive ketones (excluding diaryl/α,β-unsaturated/α-hetero) is 1. The second kappa shape index (κ2) is 10.2. The van der Waals surface area contributed by atoms with Gasteiger partial charge in [-0.25, -0.2) is 0 Å². The molecule has 4 rings (SSSR count). The molecule has 1 saturated heterocycles. The van der Waals surface area contributed by atoms with Crippen LogP contribution in [0.25, 0.3) is 5.76 Å². The van der Waals surface area contributed by atoms with E-state index in [2.05, 4.69) is 4.98 Å². The van der Waals surface area contributed by atoms with Crippen LogP contribution in [0.2, 0.25) is 0 Å². The zero-order valence-electron chi connectivity index (χ0n) is 19.1. The first kappa shape index (κ1) is 23.0. The minimum atomic E-state index is -0.786. The van der Waals surface area contributed by atoms with E-state index in [-0.39, 0.29) is 17.9 Å². The van der Waals surface area contributed by atoms with Gasteiger partial charge in [-0.2, -0.15) is 0 Å². The fourth-order valence-corrected chi connectivity index (χ4v) is 3.97. The van der Waals surface area contributed by atoms with Gasteiger partial charge < -0.3 is 19.5 Å². The molecule has 1 fully saturated rings. The van der Waals surface area contributed by atoms with E-state index in [1.807, 2.05) is 19.1 Å². The second-order valence-electron chi connectivity index (χ2n) is 7.94. The summed E-state index contributed by atoms with van der Waals surface area (Å²) in [6, 6.07) is 16.8. The molecule has 1 aromatic heterocycles. The quantitative estimate of drug-likeness (QED) is 0.304. The fourth-order valence-electron chi connectivity index (χ4n) is 3.97. The van der Waals surface area contributed by atoms with Gasteiger partial charge in [0.1, 0.15) is 17.3 Å². The molecule has 34 heavy (non-hydrogen) atoms. The Hall–Kier alpha value is -4.13. The van der Waals surface area contributed by atoms with E-state index in [1.165, 1.54) is 4.90 Å². The lowest BCUT2D eigenvalue weighted by Gasteiger charge is -2.25. The third kappa shape index (κ3) is 4.64. The van der Waals surface area contributed by atoms with Crippen molar-refractivity contribution in [2.45, 2.75) is 25.9 Å². The van der Waals surface area contributed by atoms with Gasteiger partial charge >= 0.3 is 0 Å². The molecule has 3 aromatic rings. The average Bonchev–Trinajstić information content (AvgIpc) is 3.13. The molecule has 7 nitrogen and oxygen atoms in total. The maximum absolute atomic E-state index is 13.2. The van der Waals surface area contributed by atoms with Crippen LogP contribution in [0.15, 0.2) is 78.6 Å². The Morgan fingerprint density at radius 3 is 2.53 bits per heavy atom. The highest BCUT2D eigenvalue weighted by atomic mass is 16.5. The van der Waals surface area contributed by atoms with Crippen LogP contribution in [-0.4, -0.2) is 40.4 Å². The van der Waals surface area contributed by atoms with Crippen molar-refractivity contribution in [1.82, 2.24) is 9.88 Å². The lowest BCUT2D eigenvalue weighted by molar-refractivity contribution is -0.140. The fraction of sp³-hybridized carbons (Fsp3) is 0.222. The van der Waals surface area contributed by atoms with E-state index in [0.717, 1.165) is 12.0 Å². The molecule has 0 radical (unpaired) electrons. The van der Waals surface area contributed by atoms with E-state index in [9.17, 15) is 14.7 Å². The number of hydrogen-bond donors (Lipinski definition) is 1. The number of aliphatic hydroxyl groups excluding tert-OH is 1.